The Morgan fingerprint density at radius 3 is 2.62 bits per heavy atom. The van der Waals surface area contributed by atoms with Crippen molar-refractivity contribution in [2.24, 2.45) is 0 Å². The lowest BCUT2D eigenvalue weighted by atomic mass is 10.1. The van der Waals surface area contributed by atoms with Gasteiger partial charge in [0.2, 0.25) is 5.91 Å². The maximum Gasteiger partial charge on any atom is 0.351 e. The second-order valence-electron chi connectivity index (χ2n) is 6.93. The van der Waals surface area contributed by atoms with E-state index < -0.39 is 5.97 Å². The molecule has 0 aromatic heterocycles. The number of benzene rings is 1. The number of nitrogens with zero attached hydrogens (tertiary/aromatic N) is 3. The number of carbonyl (C=O) groups is 2. The van der Waals surface area contributed by atoms with Crippen LogP contribution in [-0.4, -0.2) is 48.3 Å². The van der Waals surface area contributed by atoms with Crippen LogP contribution in [0.25, 0.3) is 0 Å². The van der Waals surface area contributed by atoms with E-state index in [4.69, 9.17) is 4.74 Å². The van der Waals surface area contributed by atoms with Crippen molar-refractivity contribution in [3.8, 4) is 6.07 Å². The highest BCUT2D eigenvalue weighted by molar-refractivity contribution is 8.04. The Hall–Kier alpha value is -2.72. The number of amides is 1. The Balaban J connectivity index is 1.76. The molecule has 1 aromatic rings. The Morgan fingerprint density at radius 1 is 1.34 bits per heavy atom. The molecule has 6 nitrogen and oxygen atoms in total. The van der Waals surface area contributed by atoms with Crippen LogP contribution in [0.15, 0.2) is 47.5 Å². The highest BCUT2D eigenvalue weighted by atomic mass is 32.2. The fourth-order valence-corrected chi connectivity index (χ4v) is 4.93. The lowest BCUT2D eigenvalue weighted by molar-refractivity contribution is -0.137. The summed E-state index contributed by atoms with van der Waals surface area (Å²) in [7, 11) is 0. The molecule has 1 amide bonds. The van der Waals surface area contributed by atoms with Crippen molar-refractivity contribution in [3.63, 3.8) is 0 Å². The smallest absolute Gasteiger partial charge is 0.351 e. The molecule has 2 fully saturated rings. The number of ether oxygens (including phenoxy) is 1. The standard InChI is InChI=1S/C22H25N3O3S/c1-3-13-28-22(27)18(15-23)21-25(4-2)20(26)19(29-21)14-16-7-9-17(10-8-16)24-11-5-6-12-24/h3,7-10,19H,1,4-6,11-14H2,2H3/b21-18-. The largest absolute Gasteiger partial charge is 0.457 e. The molecule has 2 aliphatic rings. The molecule has 0 saturated carbocycles. The summed E-state index contributed by atoms with van der Waals surface area (Å²) < 4.78 is 5.01. The van der Waals surface area contributed by atoms with Gasteiger partial charge in [-0.2, -0.15) is 5.26 Å². The zero-order valence-corrected chi connectivity index (χ0v) is 17.4. The minimum atomic E-state index is -0.725. The molecular weight excluding hydrogens is 386 g/mol. The molecule has 3 rings (SSSR count). The van der Waals surface area contributed by atoms with E-state index in [0.29, 0.717) is 18.0 Å². The van der Waals surface area contributed by atoms with Gasteiger partial charge >= 0.3 is 5.97 Å². The van der Waals surface area contributed by atoms with Crippen LogP contribution in [0, 0.1) is 11.3 Å². The van der Waals surface area contributed by atoms with Crippen molar-refractivity contribution in [1.82, 2.24) is 4.90 Å². The van der Waals surface area contributed by atoms with E-state index in [-0.39, 0.29) is 23.3 Å². The third kappa shape index (κ3) is 4.65. The van der Waals surface area contributed by atoms with Crippen LogP contribution < -0.4 is 4.90 Å². The Labute approximate surface area is 175 Å². The maximum atomic E-state index is 12.9. The van der Waals surface area contributed by atoms with E-state index in [0.717, 1.165) is 18.7 Å². The van der Waals surface area contributed by atoms with E-state index in [9.17, 15) is 14.9 Å². The van der Waals surface area contributed by atoms with Crippen molar-refractivity contribution in [2.45, 2.75) is 31.4 Å². The van der Waals surface area contributed by atoms with E-state index in [1.165, 1.54) is 41.3 Å². The topological polar surface area (TPSA) is 73.6 Å². The molecule has 0 bridgehead atoms. The summed E-state index contributed by atoms with van der Waals surface area (Å²) >= 11 is 1.27. The first-order valence-electron chi connectivity index (χ1n) is 9.83. The molecule has 1 atom stereocenters. The van der Waals surface area contributed by atoms with Crippen LogP contribution in [0.1, 0.15) is 25.3 Å². The number of hydrogen-bond donors (Lipinski definition) is 0. The van der Waals surface area contributed by atoms with Crippen molar-refractivity contribution in [1.29, 1.82) is 5.26 Å². The second kappa shape index (κ2) is 9.66. The number of anilines is 1. The van der Waals surface area contributed by atoms with Crippen LogP contribution in [-0.2, 0) is 20.7 Å². The number of nitriles is 1. The summed E-state index contributed by atoms with van der Waals surface area (Å²) in [6, 6.07) is 10.2. The fourth-order valence-electron chi connectivity index (χ4n) is 3.56. The summed E-state index contributed by atoms with van der Waals surface area (Å²) in [6.07, 6.45) is 4.45. The lowest BCUT2D eigenvalue weighted by Crippen LogP contribution is -2.30. The first-order chi connectivity index (χ1) is 14.1. The van der Waals surface area contributed by atoms with Gasteiger partial charge in [-0.25, -0.2) is 4.79 Å². The number of thioether (sulfide) groups is 1. The monoisotopic (exact) mass is 411 g/mol. The van der Waals surface area contributed by atoms with Crippen molar-refractivity contribution >= 4 is 29.3 Å². The van der Waals surface area contributed by atoms with E-state index in [1.54, 1.807) is 0 Å². The summed E-state index contributed by atoms with van der Waals surface area (Å²) in [5.74, 6) is -0.808. The van der Waals surface area contributed by atoms with Gasteiger partial charge in [0.05, 0.1) is 5.25 Å². The average molecular weight is 412 g/mol. The summed E-state index contributed by atoms with van der Waals surface area (Å²) in [4.78, 5) is 28.9. The van der Waals surface area contributed by atoms with Gasteiger partial charge < -0.3 is 14.5 Å². The summed E-state index contributed by atoms with van der Waals surface area (Å²) in [6.45, 7) is 7.93. The van der Waals surface area contributed by atoms with Crippen LogP contribution >= 0.6 is 11.8 Å². The molecular formula is C22H25N3O3S. The SMILES string of the molecule is C=CCOC(=O)/C(C#N)=C1\SC(Cc2ccc(N3CCCC3)cc2)C(=O)N1CC. The molecule has 2 heterocycles. The first kappa shape index (κ1) is 21.0. The van der Waals surface area contributed by atoms with E-state index >= 15 is 0 Å². The molecule has 0 spiro atoms. The molecule has 2 saturated heterocycles. The molecule has 1 unspecified atom stereocenters. The van der Waals surface area contributed by atoms with Gasteiger partial charge in [0.1, 0.15) is 17.7 Å². The quantitative estimate of drug-likeness (QED) is 0.297. The lowest BCUT2D eigenvalue weighted by Gasteiger charge is -2.18. The minimum absolute atomic E-state index is 0.0226. The Bertz CT molecular complexity index is 851. The molecule has 0 radical (unpaired) electrons. The van der Waals surface area contributed by atoms with Crippen molar-refractivity contribution in [2.75, 3.05) is 31.1 Å². The van der Waals surface area contributed by atoms with Gasteiger partial charge in [0, 0.05) is 25.3 Å². The number of hydrogen-bond acceptors (Lipinski definition) is 6. The predicted molar refractivity (Wildman–Crippen MR) is 114 cm³/mol. The highest BCUT2D eigenvalue weighted by Gasteiger charge is 2.39. The second-order valence-corrected chi connectivity index (χ2v) is 8.12. The van der Waals surface area contributed by atoms with Gasteiger partial charge in [-0.1, -0.05) is 36.5 Å². The molecule has 0 aliphatic carbocycles. The van der Waals surface area contributed by atoms with E-state index in [2.05, 4.69) is 35.7 Å². The van der Waals surface area contributed by atoms with Gasteiger partial charge in [0.25, 0.3) is 0 Å². The molecule has 152 valence electrons. The molecule has 2 aliphatic heterocycles. The summed E-state index contributed by atoms with van der Waals surface area (Å²) in [5, 5.41) is 9.49. The minimum Gasteiger partial charge on any atom is -0.457 e. The first-order valence-corrected chi connectivity index (χ1v) is 10.7. The zero-order chi connectivity index (χ0) is 20.8. The number of rotatable bonds is 7. The third-order valence-corrected chi connectivity index (χ3v) is 6.35. The van der Waals surface area contributed by atoms with Crippen LogP contribution in [0.2, 0.25) is 0 Å². The third-order valence-electron chi connectivity index (χ3n) is 5.05. The molecule has 29 heavy (non-hydrogen) atoms. The molecule has 7 heteroatoms. The fraction of sp³-hybridized carbons (Fsp3) is 0.409. The van der Waals surface area contributed by atoms with Crippen molar-refractivity contribution in [3.05, 3.63) is 53.1 Å². The van der Waals surface area contributed by atoms with Gasteiger partial charge in [-0.05, 0) is 43.9 Å². The van der Waals surface area contributed by atoms with E-state index in [1.807, 2.05) is 13.0 Å². The number of carbonyl (C=O) groups excluding carboxylic acids is 2. The Morgan fingerprint density at radius 2 is 2.03 bits per heavy atom. The molecule has 0 N–H and O–H groups in total. The van der Waals surface area contributed by atoms with Crippen molar-refractivity contribution < 1.29 is 14.3 Å². The van der Waals surface area contributed by atoms with Gasteiger partial charge in [-0.3, -0.25) is 4.79 Å². The van der Waals surface area contributed by atoms with Crippen LogP contribution in [0.5, 0.6) is 0 Å². The normalized spacial score (nSPS) is 20.6. The van der Waals surface area contributed by atoms with Crippen LogP contribution in [0.3, 0.4) is 0 Å². The highest BCUT2D eigenvalue weighted by Crippen LogP contribution is 2.39. The predicted octanol–water partition coefficient (Wildman–Crippen LogP) is 3.26. The average Bonchev–Trinajstić information content (AvgIpc) is 3.37. The zero-order valence-electron chi connectivity index (χ0n) is 16.6. The van der Waals surface area contributed by atoms with Crippen LogP contribution in [0.4, 0.5) is 5.69 Å². The molecule has 1 aromatic carbocycles. The maximum absolute atomic E-state index is 12.9. The van der Waals surface area contributed by atoms with Gasteiger partial charge in [-0.15, -0.1) is 0 Å². The summed E-state index contributed by atoms with van der Waals surface area (Å²) in [5.41, 5.74) is 2.15. The Kier molecular flexibility index (Phi) is 6.99. The van der Waals surface area contributed by atoms with Gasteiger partial charge in [0.15, 0.2) is 5.57 Å². The number of esters is 1.